The molecular weight excluding hydrogens is 361 g/mol. The van der Waals surface area contributed by atoms with E-state index >= 15 is 0 Å². The van der Waals surface area contributed by atoms with Crippen LogP contribution in [0.2, 0.25) is 0 Å². The van der Waals surface area contributed by atoms with E-state index in [0.717, 1.165) is 37.0 Å². The van der Waals surface area contributed by atoms with Gasteiger partial charge in [-0.15, -0.1) is 0 Å². The molecule has 1 N–H and O–H groups in total. The number of amides is 1. The smallest absolute Gasteiger partial charge is 0.306 e. The molecule has 28 heavy (non-hydrogen) atoms. The first-order valence-electron chi connectivity index (χ1n) is 10.2. The quantitative estimate of drug-likeness (QED) is 0.575. The number of nitrogens with one attached hydrogen (secondary N) is 1. The minimum absolute atomic E-state index is 0.0267. The topological polar surface area (TPSA) is 72.5 Å². The van der Waals surface area contributed by atoms with Crippen LogP contribution < -0.4 is 5.32 Å². The Kier molecular flexibility index (Phi) is 5.21. The van der Waals surface area contributed by atoms with Crippen LogP contribution in [-0.2, 0) is 14.3 Å². The van der Waals surface area contributed by atoms with Gasteiger partial charge in [0.25, 0.3) is 5.91 Å². The van der Waals surface area contributed by atoms with E-state index < -0.39 is 11.8 Å². The second kappa shape index (κ2) is 7.64. The van der Waals surface area contributed by atoms with Crippen molar-refractivity contribution in [3.63, 3.8) is 0 Å². The predicted octanol–water partition coefficient (Wildman–Crippen LogP) is 3.42. The summed E-state index contributed by atoms with van der Waals surface area (Å²) in [4.78, 5) is 36.2. The molecule has 150 valence electrons. The van der Waals surface area contributed by atoms with E-state index in [1.54, 1.807) is 0 Å². The fourth-order valence-electron chi connectivity index (χ4n) is 5.81. The van der Waals surface area contributed by atoms with Crippen LogP contribution in [0.15, 0.2) is 24.3 Å². The Bertz CT molecular complexity index is 738. The molecule has 4 bridgehead atoms. The first-order chi connectivity index (χ1) is 13.4. The summed E-state index contributed by atoms with van der Waals surface area (Å²) in [6.07, 6.45) is 6.91. The third-order valence-electron chi connectivity index (χ3n) is 6.53. The van der Waals surface area contributed by atoms with Crippen LogP contribution in [0, 0.1) is 23.6 Å². The van der Waals surface area contributed by atoms with Crippen LogP contribution in [0.5, 0.6) is 0 Å². The maximum absolute atomic E-state index is 12.9. The molecule has 5 rings (SSSR count). The molecule has 6 heteroatoms. The molecule has 1 aromatic carbocycles. The molecule has 0 atom stereocenters. The Balaban J connectivity index is 1.20. The van der Waals surface area contributed by atoms with Crippen molar-refractivity contribution in [2.75, 3.05) is 6.61 Å². The normalized spacial score (nSPS) is 30.1. The minimum Gasteiger partial charge on any atom is -0.456 e. The summed E-state index contributed by atoms with van der Waals surface area (Å²) >= 11 is 0. The van der Waals surface area contributed by atoms with Gasteiger partial charge in [0.1, 0.15) is 5.82 Å². The molecule has 0 saturated heterocycles. The molecule has 4 aliphatic rings. The van der Waals surface area contributed by atoms with E-state index in [2.05, 4.69) is 5.32 Å². The molecule has 0 radical (unpaired) electrons. The molecule has 0 heterocycles. The van der Waals surface area contributed by atoms with E-state index in [1.807, 2.05) is 0 Å². The van der Waals surface area contributed by atoms with Crippen molar-refractivity contribution in [3.05, 3.63) is 35.6 Å². The number of esters is 1. The van der Waals surface area contributed by atoms with Gasteiger partial charge in [-0.2, -0.15) is 0 Å². The second-order valence-electron chi connectivity index (χ2n) is 8.84. The zero-order chi connectivity index (χ0) is 19.7. The van der Waals surface area contributed by atoms with Crippen molar-refractivity contribution in [2.24, 2.45) is 17.8 Å². The Hall–Kier alpha value is -2.24. The van der Waals surface area contributed by atoms with Crippen molar-refractivity contribution in [1.82, 2.24) is 5.32 Å². The van der Waals surface area contributed by atoms with Crippen molar-refractivity contribution >= 4 is 17.7 Å². The molecule has 0 aliphatic heterocycles. The number of ketones is 1. The third kappa shape index (κ3) is 4.26. The summed E-state index contributed by atoms with van der Waals surface area (Å²) in [5, 5.41) is 3.16. The summed E-state index contributed by atoms with van der Waals surface area (Å²) in [6.45, 7) is -0.300. The summed E-state index contributed by atoms with van der Waals surface area (Å²) in [5.41, 5.74) is 0.255. The Morgan fingerprint density at radius 3 is 2.11 bits per heavy atom. The van der Waals surface area contributed by atoms with Crippen LogP contribution in [0.3, 0.4) is 0 Å². The van der Waals surface area contributed by atoms with Crippen LogP contribution in [-0.4, -0.2) is 29.8 Å². The number of ether oxygens (including phenoxy) is 1. The monoisotopic (exact) mass is 387 g/mol. The number of carbonyl (C=O) groups excluding carboxylic acids is 3. The number of benzene rings is 1. The highest BCUT2D eigenvalue weighted by Crippen LogP contribution is 2.55. The lowest BCUT2D eigenvalue weighted by Crippen LogP contribution is -2.60. The van der Waals surface area contributed by atoms with Crippen molar-refractivity contribution in [1.29, 1.82) is 0 Å². The zero-order valence-corrected chi connectivity index (χ0v) is 15.9. The highest BCUT2D eigenvalue weighted by atomic mass is 19.1. The van der Waals surface area contributed by atoms with E-state index in [4.69, 9.17) is 4.74 Å². The van der Waals surface area contributed by atoms with Gasteiger partial charge >= 0.3 is 5.97 Å². The SMILES string of the molecule is O=C(COC(=O)CCC(=O)c1ccc(F)cc1)NC12CC3CC(CC(C3)C1)C2. The third-order valence-corrected chi connectivity index (χ3v) is 6.53. The Morgan fingerprint density at radius 2 is 1.54 bits per heavy atom. The van der Waals surface area contributed by atoms with Crippen LogP contribution in [0.1, 0.15) is 61.7 Å². The Morgan fingerprint density at radius 1 is 0.964 bits per heavy atom. The average molecular weight is 387 g/mol. The summed E-state index contributed by atoms with van der Waals surface area (Å²) in [5.74, 6) is 0.692. The lowest BCUT2D eigenvalue weighted by Gasteiger charge is -2.56. The molecule has 1 aromatic rings. The second-order valence-corrected chi connectivity index (χ2v) is 8.84. The molecule has 1 amide bonds. The molecule has 4 aliphatic carbocycles. The lowest BCUT2D eigenvalue weighted by atomic mass is 9.53. The number of halogens is 1. The molecule has 5 nitrogen and oxygen atoms in total. The van der Waals surface area contributed by atoms with Crippen molar-refractivity contribution < 1.29 is 23.5 Å². The van der Waals surface area contributed by atoms with E-state index in [1.165, 1.54) is 43.5 Å². The molecule has 0 unspecified atom stereocenters. The summed E-state index contributed by atoms with van der Waals surface area (Å²) in [6, 6.07) is 5.20. The maximum atomic E-state index is 12.9. The molecule has 4 fully saturated rings. The lowest BCUT2D eigenvalue weighted by molar-refractivity contribution is -0.150. The maximum Gasteiger partial charge on any atom is 0.306 e. The predicted molar refractivity (Wildman–Crippen MR) is 100.0 cm³/mol. The number of hydrogen-bond acceptors (Lipinski definition) is 4. The average Bonchev–Trinajstić information content (AvgIpc) is 2.63. The van der Waals surface area contributed by atoms with Gasteiger partial charge in [-0.1, -0.05) is 0 Å². The Labute approximate surface area is 164 Å². The zero-order valence-electron chi connectivity index (χ0n) is 15.9. The van der Waals surface area contributed by atoms with Crippen molar-refractivity contribution in [3.8, 4) is 0 Å². The van der Waals surface area contributed by atoms with E-state index in [9.17, 15) is 18.8 Å². The highest BCUT2D eigenvalue weighted by Gasteiger charge is 2.51. The standard InChI is InChI=1S/C22H26FNO4/c23-18-3-1-17(2-4-18)19(25)5-6-21(27)28-13-20(26)24-22-10-14-7-15(11-22)9-16(8-14)12-22/h1-4,14-16H,5-13H2,(H,24,26). The van der Waals surface area contributed by atoms with E-state index in [0.29, 0.717) is 5.56 Å². The molecule has 4 saturated carbocycles. The van der Waals surface area contributed by atoms with Crippen LogP contribution in [0.4, 0.5) is 4.39 Å². The van der Waals surface area contributed by atoms with Gasteiger partial charge in [-0.05, 0) is 80.5 Å². The van der Waals surface area contributed by atoms with Crippen LogP contribution in [0.25, 0.3) is 0 Å². The molecular formula is C22H26FNO4. The molecule has 0 aromatic heterocycles. The molecule has 0 spiro atoms. The fraction of sp³-hybridized carbons (Fsp3) is 0.591. The minimum atomic E-state index is -0.573. The van der Waals surface area contributed by atoms with Crippen LogP contribution >= 0.6 is 0 Å². The largest absolute Gasteiger partial charge is 0.456 e. The fourth-order valence-corrected chi connectivity index (χ4v) is 5.81. The van der Waals surface area contributed by atoms with Gasteiger partial charge in [0.05, 0.1) is 6.42 Å². The van der Waals surface area contributed by atoms with Gasteiger partial charge in [0.2, 0.25) is 0 Å². The highest BCUT2D eigenvalue weighted by molar-refractivity contribution is 5.97. The number of Topliss-reactive ketones (excluding diaryl/α,β-unsaturated/α-hetero) is 1. The number of carbonyl (C=O) groups is 3. The first kappa shape index (κ1) is 19.1. The van der Waals surface area contributed by atoms with Gasteiger partial charge in [-0.25, -0.2) is 4.39 Å². The van der Waals surface area contributed by atoms with Gasteiger partial charge < -0.3 is 10.1 Å². The summed E-state index contributed by atoms with van der Waals surface area (Å²) < 4.78 is 17.9. The van der Waals surface area contributed by atoms with E-state index in [-0.39, 0.29) is 36.7 Å². The van der Waals surface area contributed by atoms with Gasteiger partial charge in [0.15, 0.2) is 12.4 Å². The number of hydrogen-bond donors (Lipinski definition) is 1. The van der Waals surface area contributed by atoms with Gasteiger partial charge in [0, 0.05) is 17.5 Å². The number of rotatable bonds is 7. The first-order valence-corrected chi connectivity index (χ1v) is 10.2. The van der Waals surface area contributed by atoms with Gasteiger partial charge in [-0.3, -0.25) is 14.4 Å². The van der Waals surface area contributed by atoms with Crippen molar-refractivity contribution in [2.45, 2.75) is 56.9 Å². The summed E-state index contributed by atoms with van der Waals surface area (Å²) in [7, 11) is 0.